The molecule has 0 radical (unpaired) electrons. The Morgan fingerprint density at radius 1 is 1.43 bits per heavy atom. The Kier molecular flexibility index (Phi) is 4.22. The first-order valence-electron chi connectivity index (χ1n) is 7.95. The molecule has 1 heterocycles. The number of amides is 1. The van der Waals surface area contributed by atoms with Gasteiger partial charge in [-0.05, 0) is 31.4 Å². The molecule has 2 N–H and O–H groups in total. The number of hydrogen-bond donors (Lipinski definition) is 2. The monoisotopic (exact) mass is 314 g/mol. The normalized spacial score (nSPS) is 21.0. The van der Waals surface area contributed by atoms with E-state index in [0.717, 1.165) is 28.1 Å². The van der Waals surface area contributed by atoms with Crippen LogP contribution in [0.2, 0.25) is 0 Å². The van der Waals surface area contributed by atoms with E-state index < -0.39 is 6.10 Å². The molecule has 1 aliphatic carbocycles. The summed E-state index contributed by atoms with van der Waals surface area (Å²) in [5.74, 6) is 0.478. The zero-order valence-corrected chi connectivity index (χ0v) is 13.7. The Morgan fingerprint density at radius 3 is 2.87 bits per heavy atom. The fourth-order valence-electron chi connectivity index (χ4n) is 3.24. The Bertz CT molecular complexity index is 703. The van der Waals surface area contributed by atoms with Crippen LogP contribution >= 0.6 is 0 Å². The van der Waals surface area contributed by atoms with Crippen molar-refractivity contribution < 1.29 is 14.4 Å². The second kappa shape index (κ2) is 6.16. The number of aryl methyl sites for hydroxylation is 2. The van der Waals surface area contributed by atoms with Gasteiger partial charge in [0.2, 0.25) is 5.91 Å². The van der Waals surface area contributed by atoms with Crippen LogP contribution < -0.4 is 5.32 Å². The minimum atomic E-state index is -0.567. The molecule has 122 valence electrons. The number of fused-ring (bicyclic) bond motifs is 1. The van der Waals surface area contributed by atoms with Crippen LogP contribution in [0.3, 0.4) is 0 Å². The number of carbonyl (C=O) groups is 1. The molecule has 3 atom stereocenters. The second-order valence-corrected chi connectivity index (χ2v) is 6.36. The van der Waals surface area contributed by atoms with Crippen molar-refractivity contribution in [2.24, 2.45) is 5.92 Å². The number of aliphatic hydroxyl groups excluding tert-OH is 1. The number of aliphatic hydroxyl groups is 1. The summed E-state index contributed by atoms with van der Waals surface area (Å²) in [5, 5.41) is 17.2. The first kappa shape index (κ1) is 15.7. The minimum Gasteiger partial charge on any atom is -0.390 e. The van der Waals surface area contributed by atoms with Gasteiger partial charge in [-0.15, -0.1) is 0 Å². The van der Waals surface area contributed by atoms with Gasteiger partial charge in [-0.1, -0.05) is 36.3 Å². The van der Waals surface area contributed by atoms with Gasteiger partial charge in [0, 0.05) is 17.9 Å². The predicted molar refractivity (Wildman–Crippen MR) is 85.9 cm³/mol. The van der Waals surface area contributed by atoms with Crippen LogP contribution in [-0.4, -0.2) is 22.3 Å². The lowest BCUT2D eigenvalue weighted by atomic mass is 9.98. The summed E-state index contributed by atoms with van der Waals surface area (Å²) < 4.78 is 5.15. The highest BCUT2D eigenvalue weighted by atomic mass is 16.5. The third-order valence-electron chi connectivity index (χ3n) is 4.64. The number of carbonyl (C=O) groups excluding carboxylic acids is 1. The maximum atomic E-state index is 12.5. The van der Waals surface area contributed by atoms with Crippen LogP contribution in [0.25, 0.3) is 0 Å². The molecule has 2 aromatic rings. The summed E-state index contributed by atoms with van der Waals surface area (Å²) in [6.07, 6.45) is 0.596. The van der Waals surface area contributed by atoms with Gasteiger partial charge in [-0.2, -0.15) is 0 Å². The highest BCUT2D eigenvalue weighted by molar-refractivity contribution is 5.79. The fraction of sp³-hybridized carbons (Fsp3) is 0.444. The van der Waals surface area contributed by atoms with E-state index in [2.05, 4.69) is 10.5 Å². The summed E-state index contributed by atoms with van der Waals surface area (Å²) in [6, 6.07) is 7.53. The lowest BCUT2D eigenvalue weighted by molar-refractivity contribution is -0.126. The highest BCUT2D eigenvalue weighted by Crippen LogP contribution is 2.31. The van der Waals surface area contributed by atoms with Gasteiger partial charge in [0.25, 0.3) is 0 Å². The SMILES string of the molecule is Cc1noc(C)c1CC(C)C(=O)NC1c2ccccc2CC1O. The van der Waals surface area contributed by atoms with Crippen molar-refractivity contribution in [3.05, 3.63) is 52.4 Å². The number of rotatable bonds is 4. The van der Waals surface area contributed by atoms with Crippen molar-refractivity contribution in [2.75, 3.05) is 0 Å². The number of nitrogens with one attached hydrogen (secondary N) is 1. The smallest absolute Gasteiger partial charge is 0.223 e. The van der Waals surface area contributed by atoms with Crippen LogP contribution in [0.15, 0.2) is 28.8 Å². The van der Waals surface area contributed by atoms with E-state index in [1.807, 2.05) is 45.0 Å². The molecule has 23 heavy (non-hydrogen) atoms. The van der Waals surface area contributed by atoms with E-state index >= 15 is 0 Å². The van der Waals surface area contributed by atoms with Gasteiger partial charge in [0.1, 0.15) is 5.76 Å². The van der Waals surface area contributed by atoms with E-state index in [0.29, 0.717) is 12.8 Å². The molecule has 0 saturated carbocycles. The van der Waals surface area contributed by atoms with Gasteiger partial charge >= 0.3 is 0 Å². The van der Waals surface area contributed by atoms with Gasteiger partial charge in [0.05, 0.1) is 17.8 Å². The average Bonchev–Trinajstić information content (AvgIpc) is 3.01. The zero-order valence-electron chi connectivity index (χ0n) is 13.7. The van der Waals surface area contributed by atoms with Crippen molar-refractivity contribution in [1.29, 1.82) is 0 Å². The Morgan fingerprint density at radius 2 is 2.17 bits per heavy atom. The highest BCUT2D eigenvalue weighted by Gasteiger charge is 2.33. The van der Waals surface area contributed by atoms with E-state index in [1.54, 1.807) is 0 Å². The van der Waals surface area contributed by atoms with E-state index in [4.69, 9.17) is 4.52 Å². The van der Waals surface area contributed by atoms with Gasteiger partial charge in [-0.25, -0.2) is 0 Å². The molecule has 5 heteroatoms. The van der Waals surface area contributed by atoms with Crippen molar-refractivity contribution in [3.8, 4) is 0 Å². The molecule has 0 fully saturated rings. The van der Waals surface area contributed by atoms with Gasteiger partial charge in [-0.3, -0.25) is 4.79 Å². The number of aromatic nitrogens is 1. The standard InChI is InChI=1S/C18H22N2O3/c1-10(8-15-11(2)20-23-12(15)3)18(22)19-17-14-7-5-4-6-13(14)9-16(17)21/h4-7,10,16-17,21H,8-9H2,1-3H3,(H,19,22). The molecule has 1 amide bonds. The number of nitrogens with zero attached hydrogens (tertiary/aromatic N) is 1. The van der Waals surface area contributed by atoms with Crippen LogP contribution in [0.4, 0.5) is 0 Å². The molecule has 0 aliphatic heterocycles. The third kappa shape index (κ3) is 3.01. The van der Waals surface area contributed by atoms with E-state index in [9.17, 15) is 9.90 Å². The number of benzene rings is 1. The maximum absolute atomic E-state index is 12.5. The van der Waals surface area contributed by atoms with E-state index in [1.165, 1.54) is 0 Å². The Balaban J connectivity index is 1.70. The van der Waals surface area contributed by atoms with Crippen LogP contribution in [0.1, 0.15) is 41.1 Å². The second-order valence-electron chi connectivity index (χ2n) is 6.36. The first-order chi connectivity index (χ1) is 11.0. The third-order valence-corrected chi connectivity index (χ3v) is 4.64. The zero-order chi connectivity index (χ0) is 16.6. The Hall–Kier alpha value is -2.14. The summed E-state index contributed by atoms with van der Waals surface area (Å²) in [6.45, 7) is 5.62. The van der Waals surface area contributed by atoms with Crippen molar-refractivity contribution >= 4 is 5.91 Å². The topological polar surface area (TPSA) is 75.4 Å². The molecule has 3 unspecified atom stereocenters. The summed E-state index contributed by atoms with van der Waals surface area (Å²) >= 11 is 0. The molecule has 3 rings (SSSR count). The maximum Gasteiger partial charge on any atom is 0.223 e. The Labute approximate surface area is 135 Å². The lowest BCUT2D eigenvalue weighted by Gasteiger charge is -2.20. The average molecular weight is 314 g/mol. The molecule has 5 nitrogen and oxygen atoms in total. The minimum absolute atomic E-state index is 0.0641. The molecular weight excluding hydrogens is 292 g/mol. The van der Waals surface area contributed by atoms with Crippen molar-refractivity contribution in [3.63, 3.8) is 0 Å². The van der Waals surface area contributed by atoms with Gasteiger partial charge < -0.3 is 14.9 Å². The lowest BCUT2D eigenvalue weighted by Crippen LogP contribution is -2.37. The summed E-state index contributed by atoms with van der Waals surface area (Å²) in [7, 11) is 0. The number of hydrogen-bond acceptors (Lipinski definition) is 4. The predicted octanol–water partition coefficient (Wildman–Crippen LogP) is 2.24. The summed E-state index contributed by atoms with van der Waals surface area (Å²) in [5.41, 5.74) is 3.93. The molecule has 0 saturated heterocycles. The quantitative estimate of drug-likeness (QED) is 0.907. The van der Waals surface area contributed by atoms with Crippen molar-refractivity contribution in [2.45, 2.75) is 45.8 Å². The van der Waals surface area contributed by atoms with E-state index in [-0.39, 0.29) is 17.9 Å². The van der Waals surface area contributed by atoms with Crippen LogP contribution in [0.5, 0.6) is 0 Å². The molecule has 0 bridgehead atoms. The fourth-order valence-corrected chi connectivity index (χ4v) is 3.24. The molecular formula is C18H22N2O3. The van der Waals surface area contributed by atoms with Crippen LogP contribution in [-0.2, 0) is 17.6 Å². The molecule has 1 aromatic heterocycles. The molecule has 1 aromatic carbocycles. The summed E-state index contributed by atoms with van der Waals surface area (Å²) in [4.78, 5) is 12.5. The van der Waals surface area contributed by atoms with Gasteiger partial charge in [0.15, 0.2) is 0 Å². The molecule has 0 spiro atoms. The molecule has 1 aliphatic rings. The largest absolute Gasteiger partial charge is 0.390 e. The first-order valence-corrected chi connectivity index (χ1v) is 7.95. The van der Waals surface area contributed by atoms with Crippen molar-refractivity contribution in [1.82, 2.24) is 10.5 Å². The van der Waals surface area contributed by atoms with Crippen LogP contribution in [0, 0.1) is 19.8 Å².